The molecule has 4 unspecified atom stereocenters. The Kier molecular flexibility index (Phi) is 10.7. The van der Waals surface area contributed by atoms with Crippen LogP contribution in [0.1, 0.15) is 76.6 Å². The molecule has 2 rings (SSSR count). The van der Waals surface area contributed by atoms with Gasteiger partial charge in [-0.05, 0) is 43.4 Å². The average Bonchev–Trinajstić information content (AvgIpc) is 3.20. The molecule has 9 nitrogen and oxygen atoms in total. The van der Waals surface area contributed by atoms with Crippen LogP contribution in [0.25, 0.3) is 11.0 Å². The number of nitrogens with two attached hydrogens (primary N) is 1. The highest BCUT2D eigenvalue weighted by atomic mass is 32.2. The van der Waals surface area contributed by atoms with E-state index in [0.29, 0.717) is 11.7 Å². The van der Waals surface area contributed by atoms with Crippen LogP contribution in [0.2, 0.25) is 0 Å². The molecule has 0 aliphatic rings. The van der Waals surface area contributed by atoms with E-state index in [9.17, 15) is 23.4 Å². The van der Waals surface area contributed by atoms with Crippen molar-refractivity contribution in [2.24, 2.45) is 5.73 Å². The fourth-order valence-corrected chi connectivity index (χ4v) is 5.46. The largest absolute Gasteiger partial charge is 0.465 e. The Hall–Kier alpha value is -2.01. The molecular weight excluding hydrogens is 470 g/mol. The van der Waals surface area contributed by atoms with Crippen molar-refractivity contribution in [3.63, 3.8) is 0 Å². The summed E-state index contributed by atoms with van der Waals surface area (Å²) < 4.78 is 28.5. The molecule has 1 heterocycles. The summed E-state index contributed by atoms with van der Waals surface area (Å²) in [5.74, 6) is -0.866. The Balaban J connectivity index is 2.07. The van der Waals surface area contributed by atoms with E-state index in [1.54, 1.807) is 6.92 Å². The van der Waals surface area contributed by atoms with Gasteiger partial charge < -0.3 is 25.7 Å². The SMILES string of the molecule is CCCCCCC(C)c1ccc2nc(CCC(O)C(O)C(N)(CS(C)(=O)=O)C(=O)OCC)[nH]c2c1. The molecule has 2 aromatic rings. The van der Waals surface area contributed by atoms with E-state index in [0.717, 1.165) is 23.7 Å². The first-order chi connectivity index (χ1) is 16.4. The summed E-state index contributed by atoms with van der Waals surface area (Å²) in [4.78, 5) is 20.2. The lowest BCUT2D eigenvalue weighted by Gasteiger charge is -2.33. The molecule has 35 heavy (non-hydrogen) atoms. The smallest absolute Gasteiger partial charge is 0.329 e. The molecule has 0 saturated heterocycles. The maximum Gasteiger partial charge on any atom is 0.329 e. The molecule has 1 aromatic heterocycles. The highest BCUT2D eigenvalue weighted by Crippen LogP contribution is 2.26. The van der Waals surface area contributed by atoms with Crippen LogP contribution in [0.3, 0.4) is 0 Å². The van der Waals surface area contributed by atoms with Gasteiger partial charge >= 0.3 is 5.97 Å². The summed E-state index contributed by atoms with van der Waals surface area (Å²) in [5.41, 5.74) is 6.65. The molecule has 0 aliphatic heterocycles. The van der Waals surface area contributed by atoms with Gasteiger partial charge in [-0.15, -0.1) is 0 Å². The summed E-state index contributed by atoms with van der Waals surface area (Å²) in [7, 11) is -3.74. The molecule has 0 bridgehead atoms. The fraction of sp³-hybridized carbons (Fsp3) is 0.680. The number of aliphatic hydroxyl groups is 2. The first kappa shape index (κ1) is 29.2. The fourth-order valence-electron chi connectivity index (χ4n) is 4.30. The van der Waals surface area contributed by atoms with Crippen LogP contribution in [-0.2, 0) is 25.8 Å². The Morgan fingerprint density at radius 3 is 2.54 bits per heavy atom. The predicted molar refractivity (Wildman–Crippen MR) is 137 cm³/mol. The Labute approximate surface area is 208 Å². The Morgan fingerprint density at radius 2 is 1.91 bits per heavy atom. The average molecular weight is 512 g/mol. The van der Waals surface area contributed by atoms with Crippen molar-refractivity contribution in [3.05, 3.63) is 29.6 Å². The summed E-state index contributed by atoms with van der Waals surface area (Å²) in [5, 5.41) is 21.2. The van der Waals surface area contributed by atoms with Gasteiger partial charge in [0.25, 0.3) is 0 Å². The second-order valence-corrected chi connectivity index (χ2v) is 11.7. The third-order valence-corrected chi connectivity index (χ3v) is 7.34. The minimum absolute atomic E-state index is 0.0177. The predicted octanol–water partition coefficient (Wildman–Crippen LogP) is 2.60. The number of nitrogens with zero attached hydrogens (tertiary/aromatic N) is 1. The van der Waals surface area contributed by atoms with Crippen LogP contribution in [0.4, 0.5) is 0 Å². The van der Waals surface area contributed by atoms with Gasteiger partial charge in [0.1, 0.15) is 21.8 Å². The number of H-pyrrole nitrogens is 1. The zero-order valence-electron chi connectivity index (χ0n) is 21.3. The molecule has 198 valence electrons. The number of aromatic nitrogens is 2. The molecule has 10 heteroatoms. The number of hydrogen-bond donors (Lipinski definition) is 4. The number of hydrogen-bond acceptors (Lipinski definition) is 8. The van der Waals surface area contributed by atoms with Gasteiger partial charge in [-0.1, -0.05) is 45.6 Å². The van der Waals surface area contributed by atoms with E-state index in [-0.39, 0.29) is 19.4 Å². The van der Waals surface area contributed by atoms with Gasteiger partial charge in [0.2, 0.25) is 0 Å². The lowest BCUT2D eigenvalue weighted by Crippen LogP contribution is -2.65. The molecule has 0 radical (unpaired) electrons. The number of imidazole rings is 1. The van der Waals surface area contributed by atoms with Crippen molar-refractivity contribution in [1.82, 2.24) is 9.97 Å². The molecule has 1 aromatic carbocycles. The monoisotopic (exact) mass is 511 g/mol. The summed E-state index contributed by atoms with van der Waals surface area (Å²) in [6, 6.07) is 6.15. The van der Waals surface area contributed by atoms with Crippen molar-refractivity contribution in [1.29, 1.82) is 0 Å². The molecule has 0 spiro atoms. The number of aliphatic hydroxyl groups excluding tert-OH is 2. The number of rotatable bonds is 15. The molecule has 4 atom stereocenters. The van der Waals surface area contributed by atoms with Gasteiger partial charge in [0, 0.05) is 12.7 Å². The number of aromatic amines is 1. The van der Waals surface area contributed by atoms with Crippen LogP contribution in [-0.4, -0.2) is 70.9 Å². The number of esters is 1. The zero-order valence-corrected chi connectivity index (χ0v) is 22.1. The van der Waals surface area contributed by atoms with Crippen LogP contribution < -0.4 is 5.73 Å². The number of carbonyl (C=O) groups is 1. The van der Waals surface area contributed by atoms with E-state index >= 15 is 0 Å². The standard InChI is InChI=1S/C25H41N3O6S/c1-5-7-8-9-10-17(3)18-11-12-19-20(15-18)28-22(27-19)14-13-21(29)23(30)25(26,16-35(4,32)33)24(31)34-6-2/h11-12,15,17,21,23,29-30H,5-10,13-14,16,26H2,1-4H3,(H,27,28). The maximum atomic E-state index is 12.4. The molecule has 0 fully saturated rings. The second kappa shape index (κ2) is 12.8. The number of benzene rings is 1. The number of nitrogens with one attached hydrogen (secondary N) is 1. The highest BCUT2D eigenvalue weighted by molar-refractivity contribution is 7.90. The topological polar surface area (TPSA) is 156 Å². The van der Waals surface area contributed by atoms with E-state index < -0.39 is 39.3 Å². The first-order valence-corrected chi connectivity index (χ1v) is 14.5. The molecule has 0 aliphatic carbocycles. The second-order valence-electron chi connectivity index (χ2n) is 9.59. The maximum absolute atomic E-state index is 12.4. The first-order valence-electron chi connectivity index (χ1n) is 12.4. The normalized spacial score (nSPS) is 16.5. The van der Waals surface area contributed by atoms with Gasteiger partial charge in [-0.25, -0.2) is 18.2 Å². The number of carbonyl (C=O) groups excluding carboxylic acids is 1. The van der Waals surface area contributed by atoms with Crippen molar-refractivity contribution < 1.29 is 28.2 Å². The van der Waals surface area contributed by atoms with Gasteiger partial charge in [0.05, 0.1) is 29.5 Å². The summed E-state index contributed by atoms with van der Waals surface area (Å²) in [6.45, 7) is 5.93. The Bertz CT molecular complexity index is 1070. The summed E-state index contributed by atoms with van der Waals surface area (Å²) >= 11 is 0. The van der Waals surface area contributed by atoms with Crippen molar-refractivity contribution in [3.8, 4) is 0 Å². The zero-order chi connectivity index (χ0) is 26.2. The van der Waals surface area contributed by atoms with Crippen molar-refractivity contribution >= 4 is 26.8 Å². The van der Waals surface area contributed by atoms with Crippen LogP contribution in [0.5, 0.6) is 0 Å². The summed E-state index contributed by atoms with van der Waals surface area (Å²) in [6.07, 6.45) is 3.96. The molecule has 0 saturated carbocycles. The minimum atomic E-state index is -3.74. The van der Waals surface area contributed by atoms with Gasteiger partial charge in [-0.2, -0.15) is 0 Å². The third kappa shape index (κ3) is 8.27. The van der Waals surface area contributed by atoms with E-state index in [4.69, 9.17) is 10.5 Å². The molecular formula is C25H41N3O6S. The van der Waals surface area contributed by atoms with E-state index in [1.807, 2.05) is 6.07 Å². The van der Waals surface area contributed by atoms with Gasteiger partial charge in [-0.3, -0.25) is 0 Å². The number of aryl methyl sites for hydroxylation is 1. The lowest BCUT2D eigenvalue weighted by molar-refractivity contribution is -0.156. The quantitative estimate of drug-likeness (QED) is 0.210. The van der Waals surface area contributed by atoms with E-state index in [1.165, 1.54) is 31.2 Å². The van der Waals surface area contributed by atoms with Crippen LogP contribution in [0.15, 0.2) is 18.2 Å². The van der Waals surface area contributed by atoms with Crippen LogP contribution >= 0.6 is 0 Å². The minimum Gasteiger partial charge on any atom is -0.465 e. The van der Waals surface area contributed by atoms with Crippen molar-refractivity contribution in [2.45, 2.75) is 89.4 Å². The number of ether oxygens (including phenoxy) is 1. The van der Waals surface area contributed by atoms with Crippen LogP contribution in [0, 0.1) is 0 Å². The molecule has 5 N–H and O–H groups in total. The van der Waals surface area contributed by atoms with Gasteiger partial charge in [0.15, 0.2) is 5.54 Å². The Morgan fingerprint density at radius 1 is 1.20 bits per heavy atom. The molecule has 0 amide bonds. The number of unbranched alkanes of at least 4 members (excludes halogenated alkanes) is 3. The van der Waals surface area contributed by atoms with Crippen molar-refractivity contribution in [2.75, 3.05) is 18.6 Å². The number of sulfone groups is 1. The van der Waals surface area contributed by atoms with E-state index in [2.05, 4.69) is 35.9 Å². The number of fused-ring (bicyclic) bond motifs is 1. The lowest BCUT2D eigenvalue weighted by atomic mass is 9.89. The highest BCUT2D eigenvalue weighted by Gasteiger charge is 2.48. The third-order valence-electron chi connectivity index (χ3n) is 6.34.